The summed E-state index contributed by atoms with van der Waals surface area (Å²) in [7, 11) is -2.25. The van der Waals surface area contributed by atoms with Crippen LogP contribution in [0.4, 0.5) is 0 Å². The van der Waals surface area contributed by atoms with Gasteiger partial charge in [0.2, 0.25) is 15.9 Å². The molecule has 8 nitrogen and oxygen atoms in total. The van der Waals surface area contributed by atoms with Gasteiger partial charge in [0.15, 0.2) is 0 Å². The first-order chi connectivity index (χ1) is 16.5. The molecule has 1 fully saturated rings. The van der Waals surface area contributed by atoms with Gasteiger partial charge >= 0.3 is 0 Å². The lowest BCUT2D eigenvalue weighted by molar-refractivity contribution is -0.127. The SMILES string of the molecule is COc1ccc(/C=C/C(=O)N(Cc2ccco2)Cc2ccco2)cc1S(=O)(=O)N1CCCCC1. The topological polar surface area (TPSA) is 93.2 Å². The van der Waals surface area contributed by atoms with Gasteiger partial charge in [0.25, 0.3) is 0 Å². The van der Waals surface area contributed by atoms with Gasteiger partial charge in [-0.2, -0.15) is 4.31 Å². The molecule has 1 aliphatic heterocycles. The van der Waals surface area contributed by atoms with Crippen LogP contribution in [0.3, 0.4) is 0 Å². The molecule has 9 heteroatoms. The number of carbonyl (C=O) groups excluding carboxylic acids is 1. The predicted molar refractivity (Wildman–Crippen MR) is 126 cm³/mol. The van der Waals surface area contributed by atoms with Crippen LogP contribution in [0.15, 0.2) is 74.8 Å². The van der Waals surface area contributed by atoms with Crippen LogP contribution in [0, 0.1) is 0 Å². The Hall–Kier alpha value is -3.30. The van der Waals surface area contributed by atoms with E-state index in [1.54, 1.807) is 66.0 Å². The molecule has 1 amide bonds. The maximum absolute atomic E-state index is 13.2. The third-order valence-electron chi connectivity index (χ3n) is 5.70. The van der Waals surface area contributed by atoms with Gasteiger partial charge in [-0.15, -0.1) is 0 Å². The minimum atomic E-state index is -3.70. The number of benzene rings is 1. The fourth-order valence-electron chi connectivity index (χ4n) is 3.91. The Kier molecular flexibility index (Phi) is 7.54. The average Bonchev–Trinajstić information content (AvgIpc) is 3.57. The minimum absolute atomic E-state index is 0.106. The third kappa shape index (κ3) is 5.60. The molecule has 0 bridgehead atoms. The lowest BCUT2D eigenvalue weighted by Crippen LogP contribution is -2.35. The number of sulfonamides is 1. The van der Waals surface area contributed by atoms with Crippen molar-refractivity contribution in [1.29, 1.82) is 0 Å². The predicted octanol–water partition coefficient (Wildman–Crippen LogP) is 4.30. The number of nitrogens with zero attached hydrogens (tertiary/aromatic N) is 2. The first-order valence-electron chi connectivity index (χ1n) is 11.2. The molecule has 0 radical (unpaired) electrons. The summed E-state index contributed by atoms with van der Waals surface area (Å²) in [6, 6.07) is 12.0. The van der Waals surface area contributed by atoms with E-state index in [2.05, 4.69) is 0 Å². The maximum atomic E-state index is 13.2. The normalized spacial score (nSPS) is 15.0. The second-order valence-corrected chi connectivity index (χ2v) is 9.97. The smallest absolute Gasteiger partial charge is 0.247 e. The molecule has 1 aliphatic rings. The monoisotopic (exact) mass is 484 g/mol. The fraction of sp³-hybridized carbons (Fsp3) is 0.320. The van der Waals surface area contributed by atoms with Crippen molar-refractivity contribution in [3.8, 4) is 5.75 Å². The molecule has 0 saturated carbocycles. The van der Waals surface area contributed by atoms with Crippen LogP contribution in [0.5, 0.6) is 5.75 Å². The summed E-state index contributed by atoms with van der Waals surface area (Å²) in [5.41, 5.74) is 0.584. The van der Waals surface area contributed by atoms with Crippen LogP contribution < -0.4 is 4.74 Å². The van der Waals surface area contributed by atoms with E-state index in [1.165, 1.54) is 17.5 Å². The fourth-order valence-corrected chi connectivity index (χ4v) is 5.62. The summed E-state index contributed by atoms with van der Waals surface area (Å²) < 4.78 is 44.1. The van der Waals surface area contributed by atoms with Crippen LogP contribution in [-0.4, -0.2) is 43.7 Å². The summed E-state index contributed by atoms with van der Waals surface area (Å²) in [6.45, 7) is 1.54. The van der Waals surface area contributed by atoms with Crippen LogP contribution in [-0.2, 0) is 27.9 Å². The molecule has 0 unspecified atom stereocenters. The van der Waals surface area contributed by atoms with E-state index in [4.69, 9.17) is 13.6 Å². The molecule has 1 aromatic carbocycles. The van der Waals surface area contributed by atoms with Gasteiger partial charge in [-0.1, -0.05) is 12.5 Å². The van der Waals surface area contributed by atoms with Crippen molar-refractivity contribution in [2.75, 3.05) is 20.2 Å². The molecular formula is C25H28N2O6S. The number of furan rings is 2. The van der Waals surface area contributed by atoms with Crippen LogP contribution in [0.1, 0.15) is 36.3 Å². The number of ether oxygens (including phenoxy) is 1. The largest absolute Gasteiger partial charge is 0.495 e. The lowest BCUT2D eigenvalue weighted by Gasteiger charge is -2.26. The van der Waals surface area contributed by atoms with E-state index < -0.39 is 10.0 Å². The number of methoxy groups -OCH3 is 1. The zero-order chi connectivity index (χ0) is 24.0. The molecule has 0 aliphatic carbocycles. The minimum Gasteiger partial charge on any atom is -0.495 e. The van der Waals surface area contributed by atoms with Crippen molar-refractivity contribution < 1.29 is 26.8 Å². The molecule has 3 aromatic rings. The van der Waals surface area contributed by atoms with Crippen molar-refractivity contribution in [1.82, 2.24) is 9.21 Å². The molecule has 0 spiro atoms. The summed E-state index contributed by atoms with van der Waals surface area (Å²) in [5, 5.41) is 0. The number of hydrogen-bond acceptors (Lipinski definition) is 6. The standard InChI is InChI=1S/C25H28N2O6S/c1-31-23-11-9-20(17-24(23)34(29,30)27-13-3-2-4-14-27)10-12-25(28)26(18-21-7-5-15-32-21)19-22-8-6-16-33-22/h5-12,15-17H,2-4,13-14,18-19H2,1H3/b12-10+. The Morgan fingerprint density at radius 2 is 1.68 bits per heavy atom. The van der Waals surface area contributed by atoms with Crippen molar-refractivity contribution in [3.05, 3.63) is 78.2 Å². The summed E-state index contributed by atoms with van der Waals surface area (Å²) in [6.07, 6.45) is 8.86. The quantitative estimate of drug-likeness (QED) is 0.421. The van der Waals surface area contributed by atoms with E-state index in [0.29, 0.717) is 30.2 Å². The Labute approximate surface area is 199 Å². The number of rotatable bonds is 9. The van der Waals surface area contributed by atoms with Gasteiger partial charge in [-0.3, -0.25) is 4.79 Å². The van der Waals surface area contributed by atoms with Crippen LogP contribution in [0.25, 0.3) is 6.08 Å². The highest BCUT2D eigenvalue weighted by atomic mass is 32.2. The molecule has 4 rings (SSSR count). The average molecular weight is 485 g/mol. The molecule has 1 saturated heterocycles. The maximum Gasteiger partial charge on any atom is 0.247 e. The van der Waals surface area contributed by atoms with E-state index in [-0.39, 0.29) is 29.6 Å². The van der Waals surface area contributed by atoms with Crippen LogP contribution >= 0.6 is 0 Å². The summed E-state index contributed by atoms with van der Waals surface area (Å²) in [5.74, 6) is 1.32. The van der Waals surface area contributed by atoms with E-state index in [0.717, 1.165) is 19.3 Å². The lowest BCUT2D eigenvalue weighted by atomic mass is 10.2. The zero-order valence-electron chi connectivity index (χ0n) is 19.1. The van der Waals surface area contributed by atoms with Gasteiger partial charge in [-0.05, 0) is 60.9 Å². The van der Waals surface area contributed by atoms with Crippen molar-refractivity contribution in [2.24, 2.45) is 0 Å². The summed E-state index contributed by atoms with van der Waals surface area (Å²) in [4.78, 5) is 14.7. The zero-order valence-corrected chi connectivity index (χ0v) is 19.9. The van der Waals surface area contributed by atoms with Gasteiger partial charge < -0.3 is 18.5 Å². The van der Waals surface area contributed by atoms with E-state index in [9.17, 15) is 13.2 Å². The Morgan fingerprint density at radius 3 is 2.24 bits per heavy atom. The van der Waals surface area contributed by atoms with Crippen molar-refractivity contribution >= 4 is 22.0 Å². The van der Waals surface area contributed by atoms with Gasteiger partial charge in [0.05, 0.1) is 32.7 Å². The Morgan fingerprint density at radius 1 is 1.03 bits per heavy atom. The molecule has 34 heavy (non-hydrogen) atoms. The number of amides is 1. The van der Waals surface area contributed by atoms with Crippen LogP contribution in [0.2, 0.25) is 0 Å². The van der Waals surface area contributed by atoms with Crippen molar-refractivity contribution in [3.63, 3.8) is 0 Å². The van der Waals surface area contributed by atoms with E-state index in [1.807, 2.05) is 0 Å². The highest BCUT2D eigenvalue weighted by Gasteiger charge is 2.29. The second kappa shape index (κ2) is 10.8. The molecule has 180 valence electrons. The number of piperidine rings is 1. The molecule has 0 N–H and O–H groups in total. The highest BCUT2D eigenvalue weighted by molar-refractivity contribution is 7.89. The first kappa shape index (κ1) is 23.8. The van der Waals surface area contributed by atoms with Crippen molar-refractivity contribution in [2.45, 2.75) is 37.2 Å². The molecular weight excluding hydrogens is 456 g/mol. The third-order valence-corrected chi connectivity index (χ3v) is 7.62. The van der Waals surface area contributed by atoms with Gasteiger partial charge in [-0.25, -0.2) is 8.42 Å². The highest BCUT2D eigenvalue weighted by Crippen LogP contribution is 2.30. The number of carbonyl (C=O) groups is 1. The number of hydrogen-bond donors (Lipinski definition) is 0. The van der Waals surface area contributed by atoms with E-state index >= 15 is 0 Å². The second-order valence-electron chi connectivity index (χ2n) is 8.06. The van der Waals surface area contributed by atoms with Gasteiger partial charge in [0, 0.05) is 19.2 Å². The summed E-state index contributed by atoms with van der Waals surface area (Å²) >= 11 is 0. The molecule has 2 aromatic heterocycles. The Bertz CT molecular complexity index is 1170. The first-order valence-corrected chi connectivity index (χ1v) is 12.6. The molecule has 3 heterocycles. The Balaban J connectivity index is 1.56. The van der Waals surface area contributed by atoms with Gasteiger partial charge in [0.1, 0.15) is 22.2 Å². The molecule has 0 atom stereocenters.